The highest BCUT2D eigenvalue weighted by molar-refractivity contribution is 5.62. The van der Waals surface area contributed by atoms with Crippen molar-refractivity contribution < 1.29 is 15.0 Å². The molecule has 1 aromatic carbocycles. The second kappa shape index (κ2) is 3.61. The van der Waals surface area contributed by atoms with Crippen LogP contribution in [0.1, 0.15) is 5.56 Å². The van der Waals surface area contributed by atoms with Gasteiger partial charge in [-0.15, -0.1) is 0 Å². The highest BCUT2D eigenvalue weighted by Gasteiger charge is 1.97. The van der Waals surface area contributed by atoms with Gasteiger partial charge in [-0.3, -0.25) is 0 Å². The van der Waals surface area contributed by atoms with Crippen molar-refractivity contribution in [2.45, 2.75) is 6.54 Å². The topological polar surface area (TPSA) is 72.4 Å². The average Bonchev–Trinajstić information content (AvgIpc) is 2.03. The fourth-order valence-corrected chi connectivity index (χ4v) is 0.828. The Bertz CT molecular complexity index is 285. The molecular weight excluding hydrogens is 158 g/mol. The van der Waals surface area contributed by atoms with Gasteiger partial charge in [0, 0.05) is 12.1 Å². The molecule has 0 aliphatic heterocycles. The zero-order valence-corrected chi connectivity index (χ0v) is 6.28. The average molecular weight is 166 g/mol. The van der Waals surface area contributed by atoms with Crippen LogP contribution >= 0.6 is 0 Å². The van der Waals surface area contributed by atoms with Gasteiger partial charge in [-0.2, -0.15) is 0 Å². The summed E-state index contributed by atoms with van der Waals surface area (Å²) in [4.78, 5) is 9.98. The number of phenols is 1. The van der Waals surface area contributed by atoms with Gasteiger partial charge in [0.05, 0.1) is 0 Å². The predicted octanol–water partition coefficient (Wildman–Crippen LogP) is -0.175. The lowest BCUT2D eigenvalue weighted by atomic mass is 10.2. The molecule has 1 aromatic rings. The van der Waals surface area contributed by atoms with Crippen molar-refractivity contribution in [3.05, 3.63) is 29.8 Å². The minimum Gasteiger partial charge on any atom is -0.530 e. The number of phenolic OH excluding ortho intramolecular Hbond substituents is 1. The lowest BCUT2D eigenvalue weighted by Crippen LogP contribution is -2.35. The number of hydrogen-bond donors (Lipinski definition) is 2. The van der Waals surface area contributed by atoms with E-state index in [0.717, 1.165) is 0 Å². The van der Waals surface area contributed by atoms with E-state index in [1.807, 2.05) is 5.32 Å². The summed E-state index contributed by atoms with van der Waals surface area (Å²) in [6.45, 7) is 0.0645. The zero-order chi connectivity index (χ0) is 8.97. The summed E-state index contributed by atoms with van der Waals surface area (Å²) in [5, 5.41) is 21.2. The van der Waals surface area contributed by atoms with Gasteiger partial charge in [0.2, 0.25) is 0 Å². The molecule has 1 rings (SSSR count). The van der Waals surface area contributed by atoms with E-state index in [-0.39, 0.29) is 12.3 Å². The largest absolute Gasteiger partial charge is 0.530 e. The quantitative estimate of drug-likeness (QED) is 0.640. The smallest absolute Gasteiger partial charge is 0.134 e. The summed E-state index contributed by atoms with van der Waals surface area (Å²) in [6, 6.07) is 6.50. The number of para-hydroxylation sites is 1. The van der Waals surface area contributed by atoms with E-state index in [2.05, 4.69) is 0 Å². The molecule has 2 N–H and O–H groups in total. The van der Waals surface area contributed by atoms with Gasteiger partial charge in [-0.25, -0.2) is 0 Å². The van der Waals surface area contributed by atoms with Crippen molar-refractivity contribution >= 4 is 6.09 Å². The third-order valence-electron chi connectivity index (χ3n) is 1.41. The van der Waals surface area contributed by atoms with Gasteiger partial charge in [0.15, 0.2) is 0 Å². The Balaban J connectivity index is 2.63. The van der Waals surface area contributed by atoms with Crippen LogP contribution in [0.4, 0.5) is 4.79 Å². The molecule has 0 heterocycles. The zero-order valence-electron chi connectivity index (χ0n) is 6.28. The van der Waals surface area contributed by atoms with Crippen LogP contribution in [0.3, 0.4) is 0 Å². The Morgan fingerprint density at radius 3 is 2.75 bits per heavy atom. The van der Waals surface area contributed by atoms with Crippen LogP contribution in [0.2, 0.25) is 0 Å². The van der Waals surface area contributed by atoms with E-state index < -0.39 is 6.09 Å². The monoisotopic (exact) mass is 166 g/mol. The second-order valence-corrected chi connectivity index (χ2v) is 2.27. The molecule has 0 radical (unpaired) electrons. The first-order valence-corrected chi connectivity index (χ1v) is 3.42. The summed E-state index contributed by atoms with van der Waals surface area (Å²) in [5.41, 5.74) is 0.529. The summed E-state index contributed by atoms with van der Waals surface area (Å²) in [5.74, 6) is 0.0752. The number of rotatable bonds is 2. The third kappa shape index (κ3) is 2.16. The first kappa shape index (κ1) is 8.39. The number of hydrogen-bond acceptors (Lipinski definition) is 3. The summed E-state index contributed by atoms with van der Waals surface area (Å²) >= 11 is 0. The van der Waals surface area contributed by atoms with Crippen molar-refractivity contribution in [3.63, 3.8) is 0 Å². The van der Waals surface area contributed by atoms with Crippen molar-refractivity contribution in [2.75, 3.05) is 0 Å². The molecular formula is C8H8NO3-. The maximum Gasteiger partial charge on any atom is 0.134 e. The lowest BCUT2D eigenvalue weighted by Gasteiger charge is -2.07. The number of carbonyl (C=O) groups is 1. The molecule has 0 saturated carbocycles. The molecule has 0 saturated heterocycles. The maximum absolute atomic E-state index is 9.98. The van der Waals surface area contributed by atoms with Crippen LogP contribution in [0.5, 0.6) is 5.75 Å². The van der Waals surface area contributed by atoms with E-state index >= 15 is 0 Å². The van der Waals surface area contributed by atoms with E-state index in [0.29, 0.717) is 5.56 Å². The Kier molecular flexibility index (Phi) is 2.53. The van der Waals surface area contributed by atoms with Crippen LogP contribution in [0, 0.1) is 0 Å². The first-order valence-electron chi connectivity index (χ1n) is 3.42. The number of carboxylic acid groups (broad SMARTS) is 1. The number of aromatic hydroxyl groups is 1. The van der Waals surface area contributed by atoms with E-state index in [1.54, 1.807) is 18.2 Å². The molecule has 0 aliphatic carbocycles. The van der Waals surface area contributed by atoms with Gasteiger partial charge < -0.3 is 20.3 Å². The molecule has 64 valence electrons. The summed E-state index contributed by atoms with van der Waals surface area (Å²) in [6.07, 6.45) is -1.35. The fraction of sp³-hybridized carbons (Fsp3) is 0.125. The highest BCUT2D eigenvalue weighted by Crippen LogP contribution is 2.14. The minimum atomic E-state index is -1.35. The van der Waals surface area contributed by atoms with E-state index in [1.165, 1.54) is 6.07 Å². The summed E-state index contributed by atoms with van der Waals surface area (Å²) in [7, 11) is 0. The molecule has 0 atom stereocenters. The molecule has 0 spiro atoms. The van der Waals surface area contributed by atoms with Crippen molar-refractivity contribution in [1.29, 1.82) is 0 Å². The molecule has 4 nitrogen and oxygen atoms in total. The number of carbonyl (C=O) groups excluding carboxylic acids is 1. The molecule has 12 heavy (non-hydrogen) atoms. The van der Waals surface area contributed by atoms with Gasteiger partial charge in [-0.1, -0.05) is 18.2 Å². The molecule has 0 unspecified atom stereocenters. The third-order valence-corrected chi connectivity index (χ3v) is 1.41. The second-order valence-electron chi connectivity index (χ2n) is 2.27. The lowest BCUT2D eigenvalue weighted by molar-refractivity contribution is -0.251. The molecule has 1 amide bonds. The number of nitrogens with one attached hydrogen (secondary N) is 1. The first-order chi connectivity index (χ1) is 5.70. The predicted molar refractivity (Wildman–Crippen MR) is 40.3 cm³/mol. The van der Waals surface area contributed by atoms with Gasteiger partial charge in [0.1, 0.15) is 11.8 Å². The Morgan fingerprint density at radius 2 is 2.17 bits per heavy atom. The Labute approximate surface area is 69.5 Å². The van der Waals surface area contributed by atoms with Crippen molar-refractivity contribution in [2.24, 2.45) is 0 Å². The Hall–Kier alpha value is -1.71. The van der Waals surface area contributed by atoms with Crippen molar-refractivity contribution in [3.8, 4) is 5.75 Å². The number of benzene rings is 1. The summed E-state index contributed by atoms with van der Waals surface area (Å²) < 4.78 is 0. The maximum atomic E-state index is 9.98. The van der Waals surface area contributed by atoms with Crippen molar-refractivity contribution in [1.82, 2.24) is 5.32 Å². The SMILES string of the molecule is O=C([O-])NCc1ccccc1O. The molecule has 4 heteroatoms. The highest BCUT2D eigenvalue weighted by atomic mass is 16.4. The van der Waals surface area contributed by atoms with Crippen LogP contribution < -0.4 is 10.4 Å². The van der Waals surface area contributed by atoms with Crippen LogP contribution in [-0.4, -0.2) is 11.2 Å². The van der Waals surface area contributed by atoms with E-state index in [9.17, 15) is 15.0 Å². The van der Waals surface area contributed by atoms with Crippen LogP contribution in [0.25, 0.3) is 0 Å². The standard InChI is InChI=1S/C8H9NO3/c10-7-4-2-1-3-6(7)5-9-8(11)12/h1-4,9-10H,5H2,(H,11,12)/p-1. The minimum absolute atomic E-state index is 0.0645. The Morgan fingerprint density at radius 1 is 1.50 bits per heavy atom. The number of amides is 1. The van der Waals surface area contributed by atoms with Crippen LogP contribution in [-0.2, 0) is 6.54 Å². The van der Waals surface area contributed by atoms with E-state index in [4.69, 9.17) is 0 Å². The van der Waals surface area contributed by atoms with Crippen LogP contribution in [0.15, 0.2) is 24.3 Å². The van der Waals surface area contributed by atoms with Gasteiger partial charge in [0.25, 0.3) is 0 Å². The molecule has 0 aliphatic rings. The fourth-order valence-electron chi connectivity index (χ4n) is 0.828. The molecule has 0 fully saturated rings. The molecule has 0 aromatic heterocycles. The normalized spacial score (nSPS) is 9.33. The van der Waals surface area contributed by atoms with Gasteiger partial charge in [-0.05, 0) is 6.07 Å². The molecule has 0 bridgehead atoms. The van der Waals surface area contributed by atoms with Gasteiger partial charge >= 0.3 is 0 Å².